The van der Waals surface area contributed by atoms with Crippen LogP contribution in [-0.2, 0) is 22.4 Å². The second-order valence-electron chi connectivity index (χ2n) is 10.0. The number of carboxylic acid groups (broad SMARTS) is 2. The fourth-order valence-corrected chi connectivity index (χ4v) is 5.26. The molecular formula is C30H42N2O4. The first-order chi connectivity index (χ1) is 17.3. The highest BCUT2D eigenvalue weighted by molar-refractivity contribution is 5.94. The number of carbonyl (C=O) groups is 2. The second-order valence-corrected chi connectivity index (χ2v) is 10.0. The van der Waals surface area contributed by atoms with Gasteiger partial charge >= 0.3 is 11.9 Å². The number of carboxylic acids is 2. The summed E-state index contributed by atoms with van der Waals surface area (Å²) in [6.45, 7) is 9.60. The lowest BCUT2D eigenvalue weighted by molar-refractivity contribution is -0.137. The molecule has 0 amide bonds. The van der Waals surface area contributed by atoms with E-state index in [1.807, 2.05) is 0 Å². The Bertz CT molecular complexity index is 960. The van der Waals surface area contributed by atoms with Gasteiger partial charge in [0.2, 0.25) is 0 Å². The summed E-state index contributed by atoms with van der Waals surface area (Å²) in [5, 5.41) is 18.9. The molecule has 0 aromatic heterocycles. The van der Waals surface area contributed by atoms with Gasteiger partial charge in [-0.2, -0.15) is 0 Å². The number of hydrogen-bond donors (Lipinski definition) is 2. The molecule has 0 fully saturated rings. The number of benzene rings is 2. The van der Waals surface area contributed by atoms with Crippen LogP contribution >= 0.6 is 0 Å². The molecule has 0 atom stereocenters. The van der Waals surface area contributed by atoms with Crippen LogP contribution in [-0.4, -0.2) is 35.2 Å². The smallest absolute Gasteiger partial charge is 0.305 e. The fourth-order valence-electron chi connectivity index (χ4n) is 5.26. The summed E-state index contributed by atoms with van der Waals surface area (Å²) in [6.07, 6.45) is 6.46. The molecule has 0 unspecified atom stereocenters. The Balaban J connectivity index is 2.11. The van der Waals surface area contributed by atoms with E-state index in [1.165, 1.54) is 11.1 Å². The van der Waals surface area contributed by atoms with Gasteiger partial charge in [-0.3, -0.25) is 9.59 Å². The summed E-state index contributed by atoms with van der Waals surface area (Å²) < 4.78 is 0. The molecule has 3 rings (SSSR count). The van der Waals surface area contributed by atoms with Gasteiger partial charge in [-0.1, -0.05) is 65.5 Å². The quantitative estimate of drug-likeness (QED) is 0.289. The monoisotopic (exact) mass is 494 g/mol. The van der Waals surface area contributed by atoms with Crippen LogP contribution in [0.25, 0.3) is 0 Å². The highest BCUT2D eigenvalue weighted by atomic mass is 16.4. The largest absolute Gasteiger partial charge is 0.481 e. The lowest BCUT2D eigenvalue weighted by Gasteiger charge is -2.41. The van der Waals surface area contributed by atoms with E-state index in [9.17, 15) is 19.8 Å². The Labute approximate surface area is 215 Å². The van der Waals surface area contributed by atoms with Crippen LogP contribution in [0.15, 0.2) is 36.4 Å². The van der Waals surface area contributed by atoms with E-state index < -0.39 is 11.9 Å². The van der Waals surface area contributed by atoms with E-state index in [2.05, 4.69) is 73.9 Å². The van der Waals surface area contributed by atoms with Crippen molar-refractivity contribution < 1.29 is 19.8 Å². The number of fused-ring (bicyclic) bond motifs is 2. The third-order valence-corrected chi connectivity index (χ3v) is 7.70. The molecular weight excluding hydrogens is 452 g/mol. The summed E-state index contributed by atoms with van der Waals surface area (Å²) >= 11 is 0. The maximum absolute atomic E-state index is 11.5. The molecule has 2 aromatic rings. The number of aliphatic carboxylic acids is 2. The van der Waals surface area contributed by atoms with E-state index in [4.69, 9.17) is 0 Å². The van der Waals surface area contributed by atoms with Gasteiger partial charge in [0.05, 0.1) is 35.6 Å². The van der Waals surface area contributed by atoms with Gasteiger partial charge in [-0.05, 0) is 60.1 Å². The molecule has 196 valence electrons. The fraction of sp³-hybridized carbons (Fsp3) is 0.533. The normalized spacial score (nSPS) is 12.7. The zero-order valence-corrected chi connectivity index (χ0v) is 22.3. The van der Waals surface area contributed by atoms with Crippen LogP contribution in [0.4, 0.5) is 22.7 Å². The first-order valence-corrected chi connectivity index (χ1v) is 13.6. The summed E-state index contributed by atoms with van der Waals surface area (Å²) in [5.74, 6) is -0.459. The topological polar surface area (TPSA) is 81.1 Å². The first kappa shape index (κ1) is 27.6. The molecule has 6 nitrogen and oxygen atoms in total. The Morgan fingerprint density at radius 3 is 1.31 bits per heavy atom. The standard InChI is InChI=1S/C30H42N2O4/c1-5-21(6-2)17-23-9-11-25-27(19-23)31(15-13-29(33)34)26-12-10-24(18-22(7-3)8-4)20-28(26)32(25)16-14-30(35)36/h9-12,19-22H,5-8,13-18H2,1-4H3,(H,33,34)(H,35,36). The van der Waals surface area contributed by atoms with Crippen LogP contribution in [0.2, 0.25) is 0 Å². The highest BCUT2D eigenvalue weighted by Crippen LogP contribution is 2.49. The van der Waals surface area contributed by atoms with Gasteiger partial charge in [-0.25, -0.2) is 0 Å². The lowest BCUT2D eigenvalue weighted by atomic mass is 9.92. The molecule has 1 heterocycles. The Morgan fingerprint density at radius 2 is 1.00 bits per heavy atom. The van der Waals surface area contributed by atoms with E-state index >= 15 is 0 Å². The maximum atomic E-state index is 11.5. The van der Waals surface area contributed by atoms with E-state index in [-0.39, 0.29) is 12.8 Å². The van der Waals surface area contributed by atoms with Gasteiger partial charge in [-0.15, -0.1) is 0 Å². The Hall–Kier alpha value is -3.02. The number of rotatable bonds is 14. The van der Waals surface area contributed by atoms with E-state index in [0.29, 0.717) is 24.9 Å². The predicted octanol–water partition coefficient (Wildman–Crippen LogP) is 7.18. The van der Waals surface area contributed by atoms with Crippen molar-refractivity contribution in [3.63, 3.8) is 0 Å². The average Bonchev–Trinajstić information content (AvgIpc) is 2.87. The molecule has 0 bridgehead atoms. The zero-order chi connectivity index (χ0) is 26.2. The van der Waals surface area contributed by atoms with Crippen molar-refractivity contribution in [1.29, 1.82) is 0 Å². The molecule has 2 N–H and O–H groups in total. The second kappa shape index (κ2) is 12.8. The van der Waals surface area contributed by atoms with Gasteiger partial charge in [0.15, 0.2) is 0 Å². The van der Waals surface area contributed by atoms with Gasteiger partial charge in [0.25, 0.3) is 0 Å². The molecule has 0 spiro atoms. The Kier molecular flexibility index (Phi) is 9.80. The van der Waals surface area contributed by atoms with Crippen LogP contribution in [0.1, 0.15) is 77.3 Å². The highest BCUT2D eigenvalue weighted by Gasteiger charge is 2.30. The third-order valence-electron chi connectivity index (χ3n) is 7.70. The van der Waals surface area contributed by atoms with Crippen molar-refractivity contribution >= 4 is 34.7 Å². The van der Waals surface area contributed by atoms with Crippen LogP contribution < -0.4 is 9.80 Å². The molecule has 1 aliphatic rings. The molecule has 0 saturated heterocycles. The average molecular weight is 495 g/mol. The van der Waals surface area contributed by atoms with Gasteiger partial charge in [0.1, 0.15) is 0 Å². The van der Waals surface area contributed by atoms with Gasteiger partial charge < -0.3 is 20.0 Å². The van der Waals surface area contributed by atoms with Crippen molar-refractivity contribution in [3.8, 4) is 0 Å². The van der Waals surface area contributed by atoms with E-state index in [1.54, 1.807) is 0 Å². The number of anilines is 4. The van der Waals surface area contributed by atoms with Crippen molar-refractivity contribution in [2.45, 2.75) is 79.1 Å². The molecule has 0 saturated carbocycles. The lowest BCUT2D eigenvalue weighted by Crippen LogP contribution is -2.32. The minimum absolute atomic E-state index is 0.0280. The first-order valence-electron chi connectivity index (χ1n) is 13.6. The zero-order valence-electron chi connectivity index (χ0n) is 22.3. The predicted molar refractivity (Wildman–Crippen MR) is 147 cm³/mol. The summed E-state index contributed by atoms with van der Waals surface area (Å²) in [7, 11) is 0. The van der Waals surface area contributed by atoms with Gasteiger partial charge in [0, 0.05) is 13.1 Å². The maximum Gasteiger partial charge on any atom is 0.305 e. The van der Waals surface area contributed by atoms with Crippen LogP contribution in [0.5, 0.6) is 0 Å². The third kappa shape index (κ3) is 6.59. The molecule has 0 radical (unpaired) electrons. The SMILES string of the molecule is CCC(CC)Cc1ccc2c(c1)N(CCC(=O)O)c1ccc(CC(CC)CC)cc1N2CCC(=O)O. The van der Waals surface area contributed by atoms with Crippen molar-refractivity contribution in [3.05, 3.63) is 47.5 Å². The minimum Gasteiger partial charge on any atom is -0.481 e. The number of nitrogens with zero attached hydrogens (tertiary/aromatic N) is 2. The van der Waals surface area contributed by atoms with Crippen molar-refractivity contribution in [2.75, 3.05) is 22.9 Å². The summed E-state index contributed by atoms with van der Waals surface area (Å²) in [6, 6.07) is 12.9. The summed E-state index contributed by atoms with van der Waals surface area (Å²) in [4.78, 5) is 27.3. The van der Waals surface area contributed by atoms with E-state index in [0.717, 1.165) is 61.3 Å². The molecule has 2 aromatic carbocycles. The van der Waals surface area contributed by atoms with Crippen LogP contribution in [0, 0.1) is 11.8 Å². The number of hydrogen-bond acceptors (Lipinski definition) is 4. The van der Waals surface area contributed by atoms with Crippen molar-refractivity contribution in [2.24, 2.45) is 11.8 Å². The summed E-state index contributed by atoms with van der Waals surface area (Å²) in [5.41, 5.74) is 6.28. The molecule has 0 aliphatic carbocycles. The van der Waals surface area contributed by atoms with Crippen molar-refractivity contribution in [1.82, 2.24) is 0 Å². The Morgan fingerprint density at radius 1 is 0.639 bits per heavy atom. The molecule has 36 heavy (non-hydrogen) atoms. The minimum atomic E-state index is -0.829. The van der Waals surface area contributed by atoms with Crippen LogP contribution in [0.3, 0.4) is 0 Å². The molecule has 6 heteroatoms. The molecule has 1 aliphatic heterocycles.